The second-order valence-electron chi connectivity index (χ2n) is 15.0. The average Bonchev–Trinajstić information content (AvgIpc) is 3.91. The van der Waals surface area contributed by atoms with Crippen LogP contribution in [0.15, 0.2) is 97.1 Å². The van der Waals surface area contributed by atoms with Crippen molar-refractivity contribution in [3.63, 3.8) is 0 Å². The molecule has 2 aromatic heterocycles. The summed E-state index contributed by atoms with van der Waals surface area (Å²) in [5.41, 5.74) is 2.22. The van der Waals surface area contributed by atoms with E-state index in [0.29, 0.717) is 25.7 Å². The lowest BCUT2D eigenvalue weighted by Crippen LogP contribution is -2.61. The monoisotopic (exact) mass is 728 g/mol. The van der Waals surface area contributed by atoms with Gasteiger partial charge >= 0.3 is 5.97 Å². The molecule has 2 aliphatic rings. The summed E-state index contributed by atoms with van der Waals surface area (Å²) in [6.07, 6.45) is 1.17. The molecule has 8 rings (SSSR count). The molecule has 8 nitrogen and oxygen atoms in total. The first kappa shape index (κ1) is 34.2. The summed E-state index contributed by atoms with van der Waals surface area (Å²) in [6, 6.07) is 31.7. The zero-order chi connectivity index (χ0) is 36.1. The second kappa shape index (κ2) is 13.2. The van der Waals surface area contributed by atoms with Crippen molar-refractivity contribution < 1.29 is 19.1 Å². The van der Waals surface area contributed by atoms with Crippen molar-refractivity contribution in [3.05, 3.63) is 129 Å². The van der Waals surface area contributed by atoms with Crippen LogP contribution in [-0.2, 0) is 57.9 Å². The Hall–Kier alpha value is -4.93. The fourth-order valence-corrected chi connectivity index (χ4v) is 10.1. The van der Waals surface area contributed by atoms with E-state index < -0.39 is 28.3 Å². The van der Waals surface area contributed by atoms with Crippen molar-refractivity contribution in [2.24, 2.45) is 16.7 Å². The molecule has 0 fully saturated rings. The van der Waals surface area contributed by atoms with Crippen LogP contribution < -0.4 is 10.6 Å². The standard InChI is InChI=1S/C42H40N4O4S2/c1-40(2,3)50-37(47)36(41(20-26-12-4-5-13-27(26)21-41)38(48)43-24-34-45-30-16-8-10-18-32(30)51-34)42(22-28-14-6-7-15-29(28)23-42)39(49)44-25-35-46-31-17-9-11-19-33(31)52-35/h4-19,36H,20-25H2,1-3H3,(H,43,48)(H,44,49). The third-order valence-electron chi connectivity index (χ3n) is 10.4. The van der Waals surface area contributed by atoms with Gasteiger partial charge in [-0.2, -0.15) is 0 Å². The average molecular weight is 729 g/mol. The van der Waals surface area contributed by atoms with Gasteiger partial charge in [-0.1, -0.05) is 72.8 Å². The Labute approximate surface area is 310 Å². The van der Waals surface area contributed by atoms with Gasteiger partial charge < -0.3 is 15.4 Å². The van der Waals surface area contributed by atoms with Crippen molar-refractivity contribution in [1.29, 1.82) is 0 Å². The Bertz CT molecular complexity index is 2070. The molecule has 264 valence electrons. The number of nitrogens with one attached hydrogen (secondary N) is 2. The highest BCUT2D eigenvalue weighted by atomic mass is 32.1. The molecule has 0 aliphatic heterocycles. The SMILES string of the molecule is CC(C)(C)OC(=O)C(C1(C(=O)NCc2nc3ccccc3s2)Cc2ccccc2C1)C1(C(=O)NCc2nc3ccccc3s2)Cc2ccccc2C1. The number of benzene rings is 4. The summed E-state index contributed by atoms with van der Waals surface area (Å²) in [7, 11) is 0. The first-order valence-corrected chi connectivity index (χ1v) is 19.3. The number of aromatic nitrogens is 2. The predicted octanol–water partition coefficient (Wildman–Crippen LogP) is 7.37. The number of esters is 1. The molecule has 0 saturated heterocycles. The topological polar surface area (TPSA) is 110 Å². The van der Waals surface area contributed by atoms with Gasteiger partial charge in [-0.25, -0.2) is 9.97 Å². The minimum atomic E-state index is -1.32. The number of fused-ring (bicyclic) bond motifs is 4. The Morgan fingerprint density at radius 2 is 1.00 bits per heavy atom. The lowest BCUT2D eigenvalue weighted by Gasteiger charge is -2.45. The van der Waals surface area contributed by atoms with E-state index in [4.69, 9.17) is 14.7 Å². The summed E-state index contributed by atoms with van der Waals surface area (Å²) in [4.78, 5) is 54.8. The molecule has 0 spiro atoms. The Kier molecular flexibility index (Phi) is 8.70. The number of para-hydroxylation sites is 2. The third-order valence-corrected chi connectivity index (χ3v) is 12.5. The van der Waals surface area contributed by atoms with E-state index in [1.54, 1.807) is 0 Å². The molecule has 6 aromatic rings. The van der Waals surface area contributed by atoms with Crippen molar-refractivity contribution in [2.45, 2.75) is 65.1 Å². The number of carbonyl (C=O) groups excluding carboxylic acids is 3. The number of hydrogen-bond acceptors (Lipinski definition) is 8. The molecule has 2 amide bonds. The van der Waals surface area contributed by atoms with Gasteiger partial charge in [0.15, 0.2) is 0 Å². The largest absolute Gasteiger partial charge is 0.460 e. The van der Waals surface area contributed by atoms with Gasteiger partial charge in [-0.05, 0) is 93.0 Å². The van der Waals surface area contributed by atoms with Gasteiger partial charge in [0.25, 0.3) is 0 Å². The summed E-state index contributed by atoms with van der Waals surface area (Å²) in [6.45, 7) is 5.89. The minimum absolute atomic E-state index is 0.203. The van der Waals surface area contributed by atoms with Gasteiger partial charge in [0, 0.05) is 0 Å². The Balaban J connectivity index is 1.22. The van der Waals surface area contributed by atoms with Crippen LogP contribution in [0.25, 0.3) is 20.4 Å². The van der Waals surface area contributed by atoms with E-state index in [1.807, 2.05) is 118 Å². The van der Waals surface area contributed by atoms with Crippen LogP contribution in [-0.4, -0.2) is 33.4 Å². The van der Waals surface area contributed by atoms with Crippen LogP contribution in [0.4, 0.5) is 0 Å². The van der Waals surface area contributed by atoms with Gasteiger partial charge in [0.1, 0.15) is 15.6 Å². The van der Waals surface area contributed by atoms with E-state index >= 15 is 14.4 Å². The van der Waals surface area contributed by atoms with Crippen molar-refractivity contribution in [2.75, 3.05) is 0 Å². The molecule has 0 radical (unpaired) electrons. The smallest absolute Gasteiger partial charge is 0.311 e. The zero-order valence-corrected chi connectivity index (χ0v) is 31.0. The normalized spacial score (nSPS) is 15.8. The predicted molar refractivity (Wildman–Crippen MR) is 205 cm³/mol. The van der Waals surface area contributed by atoms with E-state index in [0.717, 1.165) is 52.7 Å². The molecule has 0 saturated carbocycles. The maximum Gasteiger partial charge on any atom is 0.311 e. The molecule has 0 bridgehead atoms. The fourth-order valence-electron chi connectivity index (χ4n) is 8.28. The molecule has 0 unspecified atom stereocenters. The Morgan fingerprint density at radius 1 is 0.635 bits per heavy atom. The van der Waals surface area contributed by atoms with Crippen LogP contribution in [0.5, 0.6) is 0 Å². The quantitative estimate of drug-likeness (QED) is 0.151. The summed E-state index contributed by atoms with van der Waals surface area (Å²) in [5.74, 6) is -2.23. The van der Waals surface area contributed by atoms with Crippen LogP contribution in [0, 0.1) is 16.7 Å². The van der Waals surface area contributed by atoms with Crippen molar-refractivity contribution in [3.8, 4) is 0 Å². The van der Waals surface area contributed by atoms with Gasteiger partial charge in [0.2, 0.25) is 11.8 Å². The van der Waals surface area contributed by atoms with Crippen LogP contribution in [0.3, 0.4) is 0 Å². The number of carbonyl (C=O) groups is 3. The third kappa shape index (κ3) is 6.28. The van der Waals surface area contributed by atoms with Crippen LogP contribution >= 0.6 is 22.7 Å². The molecule has 0 atom stereocenters. The summed E-state index contributed by atoms with van der Waals surface area (Å²) < 4.78 is 8.33. The molecule has 10 heteroatoms. The van der Waals surface area contributed by atoms with E-state index in [-0.39, 0.29) is 24.9 Å². The highest BCUT2D eigenvalue weighted by Gasteiger charge is 2.65. The van der Waals surface area contributed by atoms with Crippen LogP contribution in [0.2, 0.25) is 0 Å². The lowest BCUT2D eigenvalue weighted by atomic mass is 9.57. The number of thiazole rings is 2. The second-order valence-corrected chi connectivity index (χ2v) is 17.3. The fraction of sp³-hybridized carbons (Fsp3) is 0.310. The number of nitrogens with zero attached hydrogens (tertiary/aromatic N) is 2. The Morgan fingerprint density at radius 3 is 1.37 bits per heavy atom. The first-order valence-electron chi connectivity index (χ1n) is 17.6. The number of rotatable bonds is 9. The summed E-state index contributed by atoms with van der Waals surface area (Å²) >= 11 is 3.06. The minimum Gasteiger partial charge on any atom is -0.460 e. The molecule has 2 aliphatic carbocycles. The van der Waals surface area contributed by atoms with Crippen molar-refractivity contribution >= 4 is 60.9 Å². The summed E-state index contributed by atoms with van der Waals surface area (Å²) in [5, 5.41) is 7.96. The van der Waals surface area contributed by atoms with Gasteiger partial charge in [0.05, 0.1) is 50.3 Å². The maximum absolute atomic E-state index is 15.1. The van der Waals surface area contributed by atoms with Gasteiger partial charge in [-0.15, -0.1) is 22.7 Å². The molecule has 4 aromatic carbocycles. The molecule has 52 heavy (non-hydrogen) atoms. The highest BCUT2D eigenvalue weighted by Crippen LogP contribution is 2.55. The van der Waals surface area contributed by atoms with E-state index in [2.05, 4.69) is 10.6 Å². The van der Waals surface area contributed by atoms with E-state index in [9.17, 15) is 0 Å². The van der Waals surface area contributed by atoms with Gasteiger partial charge in [-0.3, -0.25) is 14.4 Å². The van der Waals surface area contributed by atoms with E-state index in [1.165, 1.54) is 22.7 Å². The number of ether oxygens (including phenoxy) is 1. The number of hydrogen-bond donors (Lipinski definition) is 2. The molecule has 2 N–H and O–H groups in total. The van der Waals surface area contributed by atoms with Crippen LogP contribution in [0.1, 0.15) is 53.0 Å². The van der Waals surface area contributed by atoms with Crippen molar-refractivity contribution in [1.82, 2.24) is 20.6 Å². The zero-order valence-electron chi connectivity index (χ0n) is 29.4. The highest BCUT2D eigenvalue weighted by molar-refractivity contribution is 7.18. The first-order chi connectivity index (χ1) is 25.0. The molecular weight excluding hydrogens is 689 g/mol. The lowest BCUT2D eigenvalue weighted by molar-refractivity contribution is -0.179. The number of amides is 2. The molecular formula is C42H40N4O4S2. The molecule has 2 heterocycles. The maximum atomic E-state index is 15.1.